The van der Waals surface area contributed by atoms with E-state index in [0.29, 0.717) is 17.3 Å². The molecule has 5 rings (SSSR count). The van der Waals surface area contributed by atoms with Crippen LogP contribution in [0.5, 0.6) is 0 Å². The minimum absolute atomic E-state index is 0.174. The molecule has 1 aromatic heterocycles. The van der Waals surface area contributed by atoms with Crippen LogP contribution in [0.1, 0.15) is 50.4 Å². The topological polar surface area (TPSA) is 79.2 Å². The van der Waals surface area contributed by atoms with Crippen molar-refractivity contribution < 1.29 is 5.11 Å². The Kier molecular flexibility index (Phi) is 4.93. The van der Waals surface area contributed by atoms with Crippen molar-refractivity contribution in [3.8, 4) is 0 Å². The van der Waals surface area contributed by atoms with E-state index in [9.17, 15) is 5.11 Å². The Balaban J connectivity index is 1.42. The summed E-state index contributed by atoms with van der Waals surface area (Å²) in [6.45, 7) is 6.79. The summed E-state index contributed by atoms with van der Waals surface area (Å²) < 4.78 is 0. The molecule has 0 bridgehead atoms. The molecule has 1 saturated heterocycles. The Labute approximate surface area is 182 Å². The summed E-state index contributed by atoms with van der Waals surface area (Å²) in [5, 5.41) is 19.4. The van der Waals surface area contributed by atoms with Crippen LogP contribution in [0, 0.1) is 5.41 Å². The molecule has 6 heteroatoms. The molecule has 3 aromatic rings. The highest BCUT2D eigenvalue weighted by Crippen LogP contribution is 2.32. The van der Waals surface area contributed by atoms with E-state index in [-0.39, 0.29) is 18.1 Å². The molecule has 31 heavy (non-hydrogen) atoms. The fourth-order valence-corrected chi connectivity index (χ4v) is 4.55. The molecule has 3 heterocycles. The van der Waals surface area contributed by atoms with Gasteiger partial charge < -0.3 is 19.9 Å². The minimum Gasteiger partial charge on any atom is -0.509 e. The minimum atomic E-state index is 0.174. The first-order valence-electron chi connectivity index (χ1n) is 11.1. The maximum absolute atomic E-state index is 10.7. The van der Waals surface area contributed by atoms with Crippen LogP contribution < -0.4 is 9.80 Å². The molecule has 0 spiro atoms. The monoisotopic (exact) mass is 415 g/mol. The van der Waals surface area contributed by atoms with Crippen molar-refractivity contribution in [1.29, 1.82) is 5.41 Å². The Hall–Kier alpha value is -3.28. The van der Waals surface area contributed by atoms with E-state index in [0.717, 1.165) is 29.8 Å². The second-order valence-electron chi connectivity index (χ2n) is 8.84. The van der Waals surface area contributed by atoms with Gasteiger partial charge in [0.05, 0.1) is 23.2 Å². The molecule has 0 amide bonds. The van der Waals surface area contributed by atoms with Gasteiger partial charge in [0.1, 0.15) is 17.4 Å². The van der Waals surface area contributed by atoms with Crippen LogP contribution in [0.2, 0.25) is 0 Å². The van der Waals surface area contributed by atoms with Gasteiger partial charge in [0.2, 0.25) is 0 Å². The first-order valence-corrected chi connectivity index (χ1v) is 11.1. The van der Waals surface area contributed by atoms with Crippen LogP contribution in [0.15, 0.2) is 48.2 Å². The van der Waals surface area contributed by atoms with Crippen LogP contribution >= 0.6 is 0 Å². The molecule has 2 aliphatic heterocycles. The van der Waals surface area contributed by atoms with Gasteiger partial charge >= 0.3 is 0 Å². The first-order chi connectivity index (χ1) is 15.0. The van der Waals surface area contributed by atoms with Crippen LogP contribution in [-0.4, -0.2) is 40.5 Å². The number of aliphatic hydroxyl groups excluding tert-OH is 1. The molecule has 160 valence electrons. The Bertz CT molecular complexity index is 1150. The number of hydrogen-bond donors (Lipinski definition) is 3. The van der Waals surface area contributed by atoms with Gasteiger partial charge in [0.15, 0.2) is 0 Å². The molecular formula is C25H29N5O. The molecule has 2 aliphatic rings. The third-order valence-corrected chi connectivity index (χ3v) is 6.40. The number of aromatic amines is 1. The van der Waals surface area contributed by atoms with E-state index in [1.807, 2.05) is 23.1 Å². The summed E-state index contributed by atoms with van der Waals surface area (Å²) in [5.74, 6) is 1.45. The second kappa shape index (κ2) is 7.76. The van der Waals surface area contributed by atoms with E-state index < -0.39 is 0 Å². The van der Waals surface area contributed by atoms with Crippen molar-refractivity contribution in [2.75, 3.05) is 29.4 Å². The van der Waals surface area contributed by atoms with Crippen LogP contribution in [0.25, 0.3) is 16.6 Å². The molecule has 3 N–H and O–H groups in total. The number of nitrogens with zero attached hydrogens (tertiary/aromatic N) is 3. The third kappa shape index (κ3) is 3.56. The van der Waals surface area contributed by atoms with E-state index >= 15 is 0 Å². The van der Waals surface area contributed by atoms with Gasteiger partial charge in [-0.05, 0) is 61.1 Å². The maximum atomic E-state index is 10.7. The lowest BCUT2D eigenvalue weighted by Crippen LogP contribution is -2.29. The molecule has 0 atom stereocenters. The number of nitrogens with one attached hydrogen (secondary N) is 2. The Morgan fingerprint density at radius 3 is 2.42 bits per heavy atom. The summed E-state index contributed by atoms with van der Waals surface area (Å²) in [6, 6.07) is 14.5. The number of benzene rings is 2. The molecule has 0 radical (unpaired) electrons. The second-order valence-corrected chi connectivity index (χ2v) is 8.84. The smallest absolute Gasteiger partial charge is 0.145 e. The van der Waals surface area contributed by atoms with Crippen molar-refractivity contribution >= 4 is 33.8 Å². The van der Waals surface area contributed by atoms with Crippen molar-refractivity contribution in [3.05, 3.63) is 59.6 Å². The standard InChI is InChI=1S/C25H29N5O/c1-16(2)17-6-8-18(9-7-17)30-15-22(31)23(24(30)26)25-27-20-11-10-19(14-21(20)28-25)29-12-4-3-5-13-29/h6-11,14,16,26,31H,3-5,12-13,15H2,1-2H3,(H,27,28). The van der Waals surface area contributed by atoms with E-state index in [4.69, 9.17) is 5.41 Å². The predicted octanol–water partition coefficient (Wildman–Crippen LogP) is 5.44. The lowest BCUT2D eigenvalue weighted by Gasteiger charge is -2.28. The highest BCUT2D eigenvalue weighted by molar-refractivity contribution is 6.30. The average Bonchev–Trinajstić information content (AvgIpc) is 3.33. The summed E-state index contributed by atoms with van der Waals surface area (Å²) in [4.78, 5) is 12.3. The summed E-state index contributed by atoms with van der Waals surface area (Å²) >= 11 is 0. The number of amidine groups is 1. The van der Waals surface area contributed by atoms with E-state index in [2.05, 4.69) is 53.0 Å². The number of aromatic nitrogens is 2. The van der Waals surface area contributed by atoms with E-state index in [1.54, 1.807) is 0 Å². The lowest BCUT2D eigenvalue weighted by atomic mass is 10.0. The normalized spacial score (nSPS) is 17.5. The maximum Gasteiger partial charge on any atom is 0.145 e. The third-order valence-electron chi connectivity index (χ3n) is 6.40. The van der Waals surface area contributed by atoms with Crippen molar-refractivity contribution in [1.82, 2.24) is 9.97 Å². The number of piperidine rings is 1. The molecule has 0 saturated carbocycles. The predicted molar refractivity (Wildman–Crippen MR) is 127 cm³/mol. The van der Waals surface area contributed by atoms with Crippen molar-refractivity contribution in [2.45, 2.75) is 39.0 Å². The van der Waals surface area contributed by atoms with E-state index in [1.165, 1.54) is 30.5 Å². The number of imidazole rings is 1. The highest BCUT2D eigenvalue weighted by atomic mass is 16.3. The Morgan fingerprint density at radius 2 is 1.71 bits per heavy atom. The van der Waals surface area contributed by atoms with Crippen molar-refractivity contribution in [3.63, 3.8) is 0 Å². The molecule has 1 fully saturated rings. The molecule has 2 aromatic carbocycles. The first kappa shape index (κ1) is 19.7. The van der Waals surface area contributed by atoms with Crippen molar-refractivity contribution in [2.24, 2.45) is 0 Å². The van der Waals surface area contributed by atoms with Crippen LogP contribution in [0.4, 0.5) is 11.4 Å². The highest BCUT2D eigenvalue weighted by Gasteiger charge is 2.31. The quantitative estimate of drug-likeness (QED) is 0.530. The number of H-pyrrole nitrogens is 1. The molecule has 6 nitrogen and oxygen atoms in total. The van der Waals surface area contributed by atoms with Gasteiger partial charge in [-0.3, -0.25) is 5.41 Å². The largest absolute Gasteiger partial charge is 0.509 e. The van der Waals surface area contributed by atoms with Gasteiger partial charge in [-0.2, -0.15) is 0 Å². The number of anilines is 2. The average molecular weight is 416 g/mol. The zero-order valence-electron chi connectivity index (χ0n) is 18.2. The van der Waals surface area contributed by atoms with Gasteiger partial charge in [0.25, 0.3) is 0 Å². The fourth-order valence-electron chi connectivity index (χ4n) is 4.55. The molecule has 0 aliphatic carbocycles. The number of hydrogen-bond acceptors (Lipinski definition) is 4. The van der Waals surface area contributed by atoms with Crippen LogP contribution in [0.3, 0.4) is 0 Å². The fraction of sp³-hybridized carbons (Fsp3) is 0.360. The van der Waals surface area contributed by atoms with Gasteiger partial charge in [0, 0.05) is 24.5 Å². The number of aliphatic hydroxyl groups is 1. The zero-order chi connectivity index (χ0) is 21.5. The molecular weight excluding hydrogens is 386 g/mol. The number of rotatable bonds is 4. The number of fused-ring (bicyclic) bond motifs is 1. The summed E-state index contributed by atoms with van der Waals surface area (Å²) in [7, 11) is 0. The summed E-state index contributed by atoms with van der Waals surface area (Å²) in [5.41, 5.74) is 5.63. The summed E-state index contributed by atoms with van der Waals surface area (Å²) in [6.07, 6.45) is 3.77. The zero-order valence-corrected chi connectivity index (χ0v) is 18.2. The molecule has 0 unspecified atom stereocenters. The van der Waals surface area contributed by atoms with Gasteiger partial charge in [-0.25, -0.2) is 4.98 Å². The van der Waals surface area contributed by atoms with Gasteiger partial charge in [-0.15, -0.1) is 0 Å². The Morgan fingerprint density at radius 1 is 1.00 bits per heavy atom. The van der Waals surface area contributed by atoms with Gasteiger partial charge in [-0.1, -0.05) is 26.0 Å². The van der Waals surface area contributed by atoms with Crippen LogP contribution in [-0.2, 0) is 0 Å². The lowest BCUT2D eigenvalue weighted by molar-refractivity contribution is 0.411. The SMILES string of the molecule is CC(C)c1ccc(N2CC(O)=C(c3nc4ccc(N5CCCCC5)cc4[nH]3)C2=N)cc1.